The Bertz CT molecular complexity index is 2890. The topological polar surface area (TPSA) is 62.7 Å². The number of para-hydroxylation sites is 1. The first-order valence-electron chi connectivity index (χ1n) is 18.2. The van der Waals surface area contributed by atoms with Crippen molar-refractivity contribution in [3.8, 4) is 73.4 Å². The van der Waals surface area contributed by atoms with E-state index in [4.69, 9.17) is 14.4 Å². The molecule has 0 spiro atoms. The van der Waals surface area contributed by atoms with Crippen molar-refractivity contribution >= 4 is 21.9 Å². The Labute approximate surface area is 313 Å². The molecule has 0 bridgehead atoms. The van der Waals surface area contributed by atoms with Crippen molar-refractivity contribution in [2.45, 2.75) is 19.3 Å². The van der Waals surface area contributed by atoms with E-state index in [1.165, 1.54) is 22.3 Å². The Morgan fingerprint density at radius 3 is 1.80 bits per heavy atom. The zero-order valence-electron chi connectivity index (χ0n) is 29.8. The van der Waals surface area contributed by atoms with Crippen molar-refractivity contribution in [2.75, 3.05) is 0 Å². The second-order valence-electron chi connectivity index (χ2n) is 14.5. The monoisotopic (exact) mass is 691 g/mol. The molecule has 7 aromatic carbocycles. The molecule has 2 heterocycles. The second kappa shape index (κ2) is 12.3. The molecule has 0 aliphatic heterocycles. The molecule has 4 heteroatoms. The van der Waals surface area contributed by atoms with Gasteiger partial charge >= 0.3 is 0 Å². The number of benzene rings is 7. The van der Waals surface area contributed by atoms with Crippen LogP contribution in [0, 0.1) is 11.3 Å². The van der Waals surface area contributed by atoms with E-state index in [1.54, 1.807) is 0 Å². The van der Waals surface area contributed by atoms with Crippen molar-refractivity contribution in [1.82, 2.24) is 9.97 Å². The lowest BCUT2D eigenvalue weighted by molar-refractivity contribution is 0.660. The van der Waals surface area contributed by atoms with E-state index in [0.29, 0.717) is 11.4 Å². The first kappa shape index (κ1) is 31.6. The third kappa shape index (κ3) is 5.05. The summed E-state index contributed by atoms with van der Waals surface area (Å²) in [5.41, 5.74) is 16.3. The summed E-state index contributed by atoms with van der Waals surface area (Å²) in [6.07, 6.45) is 0. The van der Waals surface area contributed by atoms with Gasteiger partial charge in [0, 0.05) is 38.4 Å². The molecular formula is C50H33N3O. The molecule has 0 radical (unpaired) electrons. The van der Waals surface area contributed by atoms with Crippen molar-refractivity contribution in [3.63, 3.8) is 0 Å². The minimum Gasteiger partial charge on any atom is -0.456 e. The van der Waals surface area contributed by atoms with Gasteiger partial charge in [-0.05, 0) is 75.3 Å². The van der Waals surface area contributed by atoms with E-state index in [0.717, 1.165) is 72.3 Å². The standard InChI is InChI=1S/C50H33N3O/c1-50(2)41-27-31(30-51)17-23-38(41)39-24-22-36(28-42(39)50)37-25-26-46-48(40-15-9-10-16-45(40)54-46)47(37)34-20-18-33(19-21-34)44-29-43(32-11-5-3-6-12-32)52-49(53-44)35-13-7-4-8-14-35/h3-29H,1-2H3. The molecule has 4 nitrogen and oxygen atoms in total. The van der Waals surface area contributed by atoms with Crippen LogP contribution in [0.1, 0.15) is 30.5 Å². The SMILES string of the molecule is CC1(C)c2cc(C#N)ccc2-c2ccc(-c3ccc4oc5ccccc5c4c3-c3ccc(-c4cc(-c5ccccc5)nc(-c5ccccc5)n4)cc3)cc21. The fourth-order valence-electron chi connectivity index (χ4n) is 8.21. The normalized spacial score (nSPS) is 12.8. The van der Waals surface area contributed by atoms with Crippen LogP contribution in [0.15, 0.2) is 168 Å². The van der Waals surface area contributed by atoms with E-state index < -0.39 is 0 Å². The lowest BCUT2D eigenvalue weighted by Gasteiger charge is -2.22. The summed E-state index contributed by atoms with van der Waals surface area (Å²) < 4.78 is 6.44. The zero-order chi connectivity index (χ0) is 36.4. The predicted octanol–water partition coefficient (Wildman–Crippen LogP) is 12.9. The van der Waals surface area contributed by atoms with Crippen LogP contribution in [-0.2, 0) is 5.41 Å². The molecule has 1 aliphatic rings. The summed E-state index contributed by atoms with van der Waals surface area (Å²) in [4.78, 5) is 10.1. The largest absolute Gasteiger partial charge is 0.456 e. The first-order valence-corrected chi connectivity index (χ1v) is 18.2. The van der Waals surface area contributed by atoms with Gasteiger partial charge in [-0.1, -0.05) is 141 Å². The van der Waals surface area contributed by atoms with Crippen LogP contribution in [0.3, 0.4) is 0 Å². The van der Waals surface area contributed by atoms with E-state index in [-0.39, 0.29) is 5.41 Å². The van der Waals surface area contributed by atoms with Crippen LogP contribution in [0.4, 0.5) is 0 Å². The van der Waals surface area contributed by atoms with E-state index >= 15 is 0 Å². The molecule has 0 amide bonds. The Morgan fingerprint density at radius 2 is 1.07 bits per heavy atom. The Morgan fingerprint density at radius 1 is 0.500 bits per heavy atom. The maximum atomic E-state index is 9.67. The van der Waals surface area contributed by atoms with E-state index in [9.17, 15) is 5.26 Å². The Kier molecular flexibility index (Phi) is 7.18. The van der Waals surface area contributed by atoms with E-state index in [2.05, 4.69) is 129 Å². The van der Waals surface area contributed by atoms with Gasteiger partial charge in [0.25, 0.3) is 0 Å². The highest BCUT2D eigenvalue weighted by molar-refractivity contribution is 6.16. The summed E-state index contributed by atoms with van der Waals surface area (Å²) in [6.45, 7) is 4.52. The highest BCUT2D eigenvalue weighted by Crippen LogP contribution is 2.51. The maximum Gasteiger partial charge on any atom is 0.160 e. The average molecular weight is 692 g/mol. The molecule has 0 N–H and O–H groups in total. The number of rotatable bonds is 5. The van der Waals surface area contributed by atoms with Crippen LogP contribution < -0.4 is 0 Å². The third-order valence-corrected chi connectivity index (χ3v) is 11.0. The summed E-state index contributed by atoms with van der Waals surface area (Å²) in [5.74, 6) is 0.693. The molecular weight excluding hydrogens is 659 g/mol. The van der Waals surface area contributed by atoms with Crippen LogP contribution in [0.25, 0.3) is 89.2 Å². The van der Waals surface area contributed by atoms with Gasteiger partial charge in [-0.15, -0.1) is 0 Å². The lowest BCUT2D eigenvalue weighted by atomic mass is 9.80. The van der Waals surface area contributed by atoms with Gasteiger partial charge < -0.3 is 4.42 Å². The molecule has 10 rings (SSSR count). The minimum atomic E-state index is -0.253. The van der Waals surface area contributed by atoms with Crippen molar-refractivity contribution in [1.29, 1.82) is 5.26 Å². The van der Waals surface area contributed by atoms with Crippen LogP contribution in [-0.4, -0.2) is 9.97 Å². The van der Waals surface area contributed by atoms with Crippen LogP contribution in [0.5, 0.6) is 0 Å². The van der Waals surface area contributed by atoms with Crippen molar-refractivity contribution < 1.29 is 4.42 Å². The number of hydrogen-bond acceptors (Lipinski definition) is 4. The molecule has 2 aromatic heterocycles. The van der Waals surface area contributed by atoms with Crippen molar-refractivity contribution in [3.05, 3.63) is 180 Å². The molecule has 9 aromatic rings. The number of nitriles is 1. The Balaban J connectivity index is 1.14. The van der Waals surface area contributed by atoms with Gasteiger partial charge in [-0.2, -0.15) is 5.26 Å². The molecule has 1 aliphatic carbocycles. The number of nitrogens with zero attached hydrogens (tertiary/aromatic N) is 3. The number of hydrogen-bond donors (Lipinski definition) is 0. The fraction of sp³-hybridized carbons (Fsp3) is 0.0600. The fourth-order valence-corrected chi connectivity index (χ4v) is 8.21. The first-order chi connectivity index (χ1) is 26.5. The van der Waals surface area contributed by atoms with Gasteiger partial charge in [-0.3, -0.25) is 0 Å². The molecule has 0 atom stereocenters. The zero-order valence-corrected chi connectivity index (χ0v) is 29.8. The maximum absolute atomic E-state index is 9.67. The van der Waals surface area contributed by atoms with Crippen molar-refractivity contribution in [2.24, 2.45) is 0 Å². The average Bonchev–Trinajstić information content (AvgIpc) is 3.72. The molecule has 0 unspecified atom stereocenters. The molecule has 0 saturated heterocycles. The minimum absolute atomic E-state index is 0.253. The quantitative estimate of drug-likeness (QED) is 0.180. The highest BCUT2D eigenvalue weighted by Gasteiger charge is 2.36. The van der Waals surface area contributed by atoms with Gasteiger partial charge in [0.2, 0.25) is 0 Å². The molecule has 54 heavy (non-hydrogen) atoms. The second-order valence-corrected chi connectivity index (χ2v) is 14.5. The van der Waals surface area contributed by atoms with Crippen LogP contribution >= 0.6 is 0 Å². The highest BCUT2D eigenvalue weighted by atomic mass is 16.3. The van der Waals surface area contributed by atoms with Gasteiger partial charge in [0.15, 0.2) is 5.82 Å². The molecule has 0 fully saturated rings. The third-order valence-electron chi connectivity index (χ3n) is 11.0. The van der Waals surface area contributed by atoms with Crippen LogP contribution in [0.2, 0.25) is 0 Å². The number of fused-ring (bicyclic) bond motifs is 6. The van der Waals surface area contributed by atoms with Gasteiger partial charge in [0.05, 0.1) is 23.0 Å². The molecule has 0 saturated carbocycles. The lowest BCUT2D eigenvalue weighted by Crippen LogP contribution is -2.15. The smallest absolute Gasteiger partial charge is 0.160 e. The summed E-state index contributed by atoms with van der Waals surface area (Å²) in [5, 5.41) is 11.8. The number of aromatic nitrogens is 2. The summed E-state index contributed by atoms with van der Waals surface area (Å²) in [7, 11) is 0. The Hall–Kier alpha value is -7.09. The van der Waals surface area contributed by atoms with Gasteiger partial charge in [-0.25, -0.2) is 9.97 Å². The molecule has 254 valence electrons. The number of furan rings is 1. The summed E-state index contributed by atoms with van der Waals surface area (Å²) in [6, 6.07) is 59.1. The van der Waals surface area contributed by atoms with E-state index in [1.807, 2.05) is 54.6 Å². The summed E-state index contributed by atoms with van der Waals surface area (Å²) >= 11 is 0. The van der Waals surface area contributed by atoms with Gasteiger partial charge in [0.1, 0.15) is 11.2 Å². The predicted molar refractivity (Wildman–Crippen MR) is 219 cm³/mol.